The average Bonchev–Trinajstić information content (AvgIpc) is 3.21. The summed E-state index contributed by atoms with van der Waals surface area (Å²) >= 11 is 13.3. The molecule has 5 rings (SSSR count). The van der Waals surface area contributed by atoms with Gasteiger partial charge in [-0.15, -0.1) is 0 Å². The molecule has 2 aliphatic heterocycles. The fourth-order valence-electron chi connectivity index (χ4n) is 3.49. The Labute approximate surface area is 193 Å². The molecule has 3 unspecified atom stereocenters. The van der Waals surface area contributed by atoms with E-state index in [0.717, 1.165) is 11.8 Å². The Balaban J connectivity index is 1.63. The van der Waals surface area contributed by atoms with Crippen molar-refractivity contribution in [3.8, 4) is 0 Å². The second-order valence-electron chi connectivity index (χ2n) is 6.95. The highest BCUT2D eigenvalue weighted by Crippen LogP contribution is 2.53. The lowest BCUT2D eigenvalue weighted by atomic mass is 10.1. The van der Waals surface area contributed by atoms with Gasteiger partial charge in [-0.25, -0.2) is 9.55 Å². The van der Waals surface area contributed by atoms with Crippen molar-refractivity contribution in [1.82, 2.24) is 19.5 Å². The van der Waals surface area contributed by atoms with Gasteiger partial charge in [-0.3, -0.25) is 23.4 Å². The summed E-state index contributed by atoms with van der Waals surface area (Å²) in [5, 5.41) is 11.8. The molecule has 2 fully saturated rings. The third kappa shape index (κ3) is 3.83. The molecular formula is C16H14Cl2N5O7PS. The number of phosphoric acid groups is 1. The van der Waals surface area contributed by atoms with Crippen molar-refractivity contribution >= 4 is 59.9 Å². The van der Waals surface area contributed by atoms with Crippen LogP contribution in [0.1, 0.15) is 6.23 Å². The summed E-state index contributed by atoms with van der Waals surface area (Å²) in [5.74, 6) is -0.172. The topological polar surface area (TPSA) is 175 Å². The Kier molecular flexibility index (Phi) is 5.52. The predicted molar refractivity (Wildman–Crippen MR) is 114 cm³/mol. The van der Waals surface area contributed by atoms with Gasteiger partial charge in [0.2, 0.25) is 5.95 Å². The second kappa shape index (κ2) is 7.97. The number of hydrogen-bond acceptors (Lipinski definition) is 10. The van der Waals surface area contributed by atoms with Crippen LogP contribution in [0.4, 0.5) is 5.95 Å². The fraction of sp³-hybridized carbons (Fsp3) is 0.312. The highest BCUT2D eigenvalue weighted by Gasteiger charge is 2.53. The molecule has 1 aromatic carbocycles. The van der Waals surface area contributed by atoms with Gasteiger partial charge in [0.1, 0.15) is 18.3 Å². The number of nitrogens with two attached hydrogens (primary N) is 1. The molecule has 2 aromatic heterocycles. The van der Waals surface area contributed by atoms with Crippen molar-refractivity contribution in [3.05, 3.63) is 38.6 Å². The first-order chi connectivity index (χ1) is 15.1. The number of halogens is 2. The molecule has 170 valence electrons. The van der Waals surface area contributed by atoms with Crippen molar-refractivity contribution in [1.29, 1.82) is 0 Å². The highest BCUT2D eigenvalue weighted by molar-refractivity contribution is 7.99. The lowest BCUT2D eigenvalue weighted by molar-refractivity contribution is -0.0684. The van der Waals surface area contributed by atoms with Gasteiger partial charge >= 0.3 is 7.82 Å². The smallest absolute Gasteiger partial charge is 0.386 e. The van der Waals surface area contributed by atoms with E-state index in [-0.39, 0.29) is 28.9 Å². The Morgan fingerprint density at radius 2 is 2.12 bits per heavy atom. The van der Waals surface area contributed by atoms with E-state index < -0.39 is 37.9 Å². The largest absolute Gasteiger partial charge is 0.472 e. The summed E-state index contributed by atoms with van der Waals surface area (Å²) in [4.78, 5) is 33.5. The zero-order valence-corrected chi connectivity index (χ0v) is 18.9. The molecule has 0 amide bonds. The van der Waals surface area contributed by atoms with Gasteiger partial charge in [0.15, 0.2) is 22.5 Å². The molecule has 32 heavy (non-hydrogen) atoms. The molecule has 5 N–H and O–H groups in total. The van der Waals surface area contributed by atoms with Crippen LogP contribution in [0.3, 0.4) is 0 Å². The maximum atomic E-state index is 12.4. The van der Waals surface area contributed by atoms with Gasteiger partial charge in [-0.2, -0.15) is 4.98 Å². The summed E-state index contributed by atoms with van der Waals surface area (Å²) in [6.07, 6.45) is -4.60. The number of aliphatic hydroxyl groups is 1. The Hall–Kier alpha value is -1.67. The quantitative estimate of drug-likeness (QED) is 0.370. The molecule has 4 heterocycles. The van der Waals surface area contributed by atoms with Gasteiger partial charge in [-0.05, 0) is 30.0 Å². The zero-order chi connectivity index (χ0) is 22.8. The third-order valence-electron chi connectivity index (χ3n) is 4.85. The number of aromatic nitrogens is 4. The third-order valence-corrected chi connectivity index (χ3v) is 7.54. The van der Waals surface area contributed by atoms with Crippen LogP contribution in [-0.4, -0.2) is 54.4 Å². The van der Waals surface area contributed by atoms with Crippen LogP contribution in [0.2, 0.25) is 10.0 Å². The number of nitrogens with one attached hydrogen (secondary N) is 1. The minimum Gasteiger partial charge on any atom is -0.386 e. The van der Waals surface area contributed by atoms with Gasteiger partial charge in [0.25, 0.3) is 5.56 Å². The van der Waals surface area contributed by atoms with Crippen molar-refractivity contribution < 1.29 is 28.3 Å². The number of nitrogens with zero attached hydrogens (tertiary/aromatic N) is 3. The average molecular weight is 522 g/mol. The Bertz CT molecular complexity index is 1340. The van der Waals surface area contributed by atoms with Crippen LogP contribution in [0.25, 0.3) is 11.2 Å². The lowest BCUT2D eigenvalue weighted by Crippen LogP contribution is -2.39. The number of phosphoric ester groups is 1. The van der Waals surface area contributed by atoms with Crippen molar-refractivity contribution in [2.45, 2.75) is 34.6 Å². The van der Waals surface area contributed by atoms with E-state index in [2.05, 4.69) is 15.0 Å². The van der Waals surface area contributed by atoms with Crippen LogP contribution in [-0.2, 0) is 18.3 Å². The minimum absolute atomic E-state index is 0.0367. The van der Waals surface area contributed by atoms with E-state index in [4.69, 9.17) is 42.7 Å². The van der Waals surface area contributed by atoms with E-state index in [1.807, 2.05) is 0 Å². The molecule has 0 aliphatic carbocycles. The van der Waals surface area contributed by atoms with Crippen molar-refractivity contribution in [2.75, 3.05) is 12.3 Å². The molecule has 0 bridgehead atoms. The number of ether oxygens (including phenoxy) is 1. The van der Waals surface area contributed by atoms with E-state index in [9.17, 15) is 19.4 Å². The SMILES string of the molecule is Nc1nc2c(nc(Sc3ccc(Cl)cc3Cl)n2[C@@H]2OC3COP(=O)(O)O[C@H]3C2O)c(=O)[nH]1. The molecule has 2 aliphatic rings. The monoisotopic (exact) mass is 521 g/mol. The maximum absolute atomic E-state index is 12.4. The number of aromatic amines is 1. The number of aliphatic hydroxyl groups excluding tert-OH is 1. The van der Waals surface area contributed by atoms with Gasteiger partial charge in [0.05, 0.1) is 11.6 Å². The van der Waals surface area contributed by atoms with Gasteiger partial charge < -0.3 is 20.5 Å². The molecular weight excluding hydrogens is 508 g/mol. The number of fused-ring (bicyclic) bond motifs is 2. The number of anilines is 1. The fourth-order valence-corrected chi connectivity index (χ4v) is 5.89. The normalized spacial score (nSPS) is 30.0. The summed E-state index contributed by atoms with van der Waals surface area (Å²) in [6.45, 7) is -0.278. The summed E-state index contributed by atoms with van der Waals surface area (Å²) in [5.41, 5.74) is 5.10. The predicted octanol–water partition coefficient (Wildman–Crippen LogP) is 1.93. The van der Waals surface area contributed by atoms with Gasteiger partial charge in [-0.1, -0.05) is 23.2 Å². The molecule has 2 saturated heterocycles. The van der Waals surface area contributed by atoms with E-state index in [1.54, 1.807) is 18.2 Å². The summed E-state index contributed by atoms with van der Waals surface area (Å²) in [6, 6.07) is 4.84. The van der Waals surface area contributed by atoms with Crippen LogP contribution >= 0.6 is 42.8 Å². The maximum Gasteiger partial charge on any atom is 0.472 e. The number of hydrogen-bond donors (Lipinski definition) is 4. The zero-order valence-electron chi connectivity index (χ0n) is 15.7. The summed E-state index contributed by atoms with van der Waals surface area (Å²) < 4.78 is 28.8. The van der Waals surface area contributed by atoms with Crippen LogP contribution < -0.4 is 11.3 Å². The first-order valence-electron chi connectivity index (χ1n) is 9.03. The number of rotatable bonds is 3. The molecule has 0 saturated carbocycles. The standard InChI is InChI=1S/C16H14Cl2N5O7PS/c17-5-1-2-8(6(18)3-5)32-16-20-9-12(21-15(19)22-13(9)25)23(16)14-10(24)11-7(29-14)4-28-31(26,27)30-11/h1-3,7,10-11,14,24H,4H2,(H,26,27)(H3,19,21,22,25)/t7?,10?,11-,14-/m1/s1. The molecule has 12 nitrogen and oxygen atoms in total. The summed E-state index contributed by atoms with van der Waals surface area (Å²) in [7, 11) is -4.33. The van der Waals surface area contributed by atoms with Crippen LogP contribution in [0.5, 0.6) is 0 Å². The van der Waals surface area contributed by atoms with Crippen LogP contribution in [0, 0.1) is 0 Å². The first kappa shape index (κ1) is 22.1. The number of benzene rings is 1. The first-order valence-corrected chi connectivity index (χ1v) is 12.1. The Morgan fingerprint density at radius 3 is 2.88 bits per heavy atom. The lowest BCUT2D eigenvalue weighted by Gasteiger charge is -2.27. The van der Waals surface area contributed by atoms with E-state index >= 15 is 0 Å². The molecule has 16 heteroatoms. The van der Waals surface area contributed by atoms with Gasteiger partial charge in [0, 0.05) is 9.92 Å². The number of nitrogen functional groups attached to an aromatic ring is 1. The van der Waals surface area contributed by atoms with Crippen LogP contribution in [0.15, 0.2) is 33.0 Å². The van der Waals surface area contributed by atoms with E-state index in [0.29, 0.717) is 14.9 Å². The molecule has 0 radical (unpaired) electrons. The minimum atomic E-state index is -4.33. The highest BCUT2D eigenvalue weighted by atomic mass is 35.5. The number of imidazole rings is 1. The molecule has 5 atom stereocenters. The molecule has 0 spiro atoms. The van der Waals surface area contributed by atoms with Crippen molar-refractivity contribution in [2.24, 2.45) is 0 Å². The number of H-pyrrole nitrogens is 1. The van der Waals surface area contributed by atoms with E-state index in [1.165, 1.54) is 4.57 Å². The van der Waals surface area contributed by atoms with Crippen molar-refractivity contribution in [3.63, 3.8) is 0 Å². The Morgan fingerprint density at radius 1 is 1.34 bits per heavy atom. The molecule has 3 aromatic rings. The second-order valence-corrected chi connectivity index (χ2v) is 10.2.